The number of piperidine rings is 1. The van der Waals surface area contributed by atoms with Gasteiger partial charge in [-0.05, 0) is 64.4 Å². The molecule has 0 spiro atoms. The van der Waals surface area contributed by atoms with E-state index in [0.29, 0.717) is 23.7 Å². The van der Waals surface area contributed by atoms with E-state index in [1.807, 2.05) is 39.0 Å². The van der Waals surface area contributed by atoms with Crippen molar-refractivity contribution in [2.75, 3.05) is 26.2 Å². The molecule has 1 saturated heterocycles. The minimum absolute atomic E-state index is 0.356. The molecule has 144 valence electrons. The molecule has 1 aromatic carbocycles. The van der Waals surface area contributed by atoms with Crippen molar-refractivity contribution in [3.63, 3.8) is 0 Å². The molecule has 0 bridgehead atoms. The predicted octanol–water partition coefficient (Wildman–Crippen LogP) is 4.15. The second-order valence-electron chi connectivity index (χ2n) is 8.03. The molecule has 5 heteroatoms. The van der Waals surface area contributed by atoms with Crippen LogP contribution < -0.4 is 15.1 Å². The third-order valence-electron chi connectivity index (χ3n) is 5.32. The van der Waals surface area contributed by atoms with E-state index in [2.05, 4.69) is 4.90 Å². The number of aryl methyl sites for hydroxylation is 1. The van der Waals surface area contributed by atoms with Crippen LogP contribution in [0.15, 0.2) is 27.4 Å². The highest BCUT2D eigenvalue weighted by Gasteiger charge is 2.26. The van der Waals surface area contributed by atoms with E-state index in [1.165, 1.54) is 25.3 Å². The van der Waals surface area contributed by atoms with Crippen molar-refractivity contribution in [2.24, 2.45) is 0 Å². The molecule has 0 N–H and O–H groups in total. The van der Waals surface area contributed by atoms with Gasteiger partial charge in [0.2, 0.25) is 0 Å². The molecule has 1 aromatic heterocycles. The molecular formula is C22H27NO4. The van der Waals surface area contributed by atoms with Gasteiger partial charge >= 0.3 is 5.63 Å². The average molecular weight is 369 g/mol. The highest BCUT2D eigenvalue weighted by molar-refractivity contribution is 5.95. The minimum atomic E-state index is -0.407. The van der Waals surface area contributed by atoms with Gasteiger partial charge < -0.3 is 13.9 Å². The number of nitrogens with zero attached hydrogens (tertiary/aromatic N) is 1. The standard InChI is InChI=1S/C22H27NO4/c1-15-13-19(24)26-21-16-7-8-22(2,3)27-17(16)14-18(20(15)21)25-12-11-23-9-5-4-6-10-23/h7-8,13-14H,4-6,9-12H2,1-3H3. The molecule has 2 aliphatic heterocycles. The molecular weight excluding hydrogens is 342 g/mol. The van der Waals surface area contributed by atoms with Gasteiger partial charge in [0.15, 0.2) is 5.58 Å². The lowest BCUT2D eigenvalue weighted by molar-refractivity contribution is 0.157. The number of hydrogen-bond acceptors (Lipinski definition) is 5. The lowest BCUT2D eigenvalue weighted by Gasteiger charge is -2.29. The summed E-state index contributed by atoms with van der Waals surface area (Å²) in [6, 6.07) is 3.45. The van der Waals surface area contributed by atoms with Crippen molar-refractivity contribution >= 4 is 17.0 Å². The first-order valence-electron chi connectivity index (χ1n) is 9.78. The molecule has 27 heavy (non-hydrogen) atoms. The quantitative estimate of drug-likeness (QED) is 0.758. The zero-order valence-electron chi connectivity index (χ0n) is 16.3. The van der Waals surface area contributed by atoms with E-state index in [4.69, 9.17) is 13.9 Å². The van der Waals surface area contributed by atoms with Crippen LogP contribution in [-0.4, -0.2) is 36.7 Å². The van der Waals surface area contributed by atoms with Crippen molar-refractivity contribution in [1.29, 1.82) is 0 Å². The maximum Gasteiger partial charge on any atom is 0.336 e. The third kappa shape index (κ3) is 3.74. The van der Waals surface area contributed by atoms with Gasteiger partial charge in [-0.1, -0.05) is 6.42 Å². The van der Waals surface area contributed by atoms with E-state index in [9.17, 15) is 4.79 Å². The smallest absolute Gasteiger partial charge is 0.336 e. The van der Waals surface area contributed by atoms with Crippen molar-refractivity contribution < 1.29 is 13.9 Å². The van der Waals surface area contributed by atoms with Crippen LogP contribution in [0, 0.1) is 6.92 Å². The Bertz CT molecular complexity index is 935. The number of fused-ring (bicyclic) bond motifs is 3. The Kier molecular flexibility index (Phi) is 4.72. The molecule has 0 unspecified atom stereocenters. The van der Waals surface area contributed by atoms with Crippen LogP contribution in [0.4, 0.5) is 0 Å². The summed E-state index contributed by atoms with van der Waals surface area (Å²) in [6.07, 6.45) is 7.81. The maximum atomic E-state index is 12.0. The summed E-state index contributed by atoms with van der Waals surface area (Å²) < 4.78 is 17.8. The van der Waals surface area contributed by atoms with Gasteiger partial charge in [0.05, 0.1) is 10.9 Å². The fourth-order valence-electron chi connectivity index (χ4n) is 3.91. The first-order chi connectivity index (χ1) is 12.9. The summed E-state index contributed by atoms with van der Waals surface area (Å²) in [5.41, 5.74) is 1.43. The Hall–Kier alpha value is -2.27. The van der Waals surface area contributed by atoms with Crippen LogP contribution in [0.25, 0.3) is 17.0 Å². The molecule has 4 rings (SSSR count). The SMILES string of the molecule is Cc1cc(=O)oc2c3c(cc(OCCN4CCCCC4)c12)OC(C)(C)C=C3. The summed E-state index contributed by atoms with van der Waals surface area (Å²) in [5.74, 6) is 1.41. The lowest BCUT2D eigenvalue weighted by atomic mass is 9.99. The molecule has 0 aliphatic carbocycles. The zero-order chi connectivity index (χ0) is 19.0. The van der Waals surface area contributed by atoms with Crippen molar-refractivity contribution in [2.45, 2.75) is 45.6 Å². The van der Waals surface area contributed by atoms with Gasteiger partial charge in [0, 0.05) is 18.7 Å². The van der Waals surface area contributed by atoms with E-state index >= 15 is 0 Å². The van der Waals surface area contributed by atoms with Gasteiger partial charge in [0.25, 0.3) is 0 Å². The van der Waals surface area contributed by atoms with Gasteiger partial charge in [-0.25, -0.2) is 4.79 Å². The Balaban J connectivity index is 1.69. The monoisotopic (exact) mass is 369 g/mol. The summed E-state index contributed by atoms with van der Waals surface area (Å²) in [6.45, 7) is 9.71. The zero-order valence-corrected chi connectivity index (χ0v) is 16.3. The molecule has 2 aromatic rings. The summed E-state index contributed by atoms with van der Waals surface area (Å²) in [7, 11) is 0. The van der Waals surface area contributed by atoms with E-state index < -0.39 is 5.60 Å². The van der Waals surface area contributed by atoms with Crippen molar-refractivity contribution in [3.8, 4) is 11.5 Å². The maximum absolute atomic E-state index is 12.0. The molecule has 5 nitrogen and oxygen atoms in total. The second-order valence-corrected chi connectivity index (χ2v) is 8.03. The Morgan fingerprint density at radius 2 is 1.96 bits per heavy atom. The molecule has 0 atom stereocenters. The van der Waals surface area contributed by atoms with Crippen LogP contribution in [-0.2, 0) is 0 Å². The summed E-state index contributed by atoms with van der Waals surface area (Å²) in [5, 5.41) is 0.847. The van der Waals surface area contributed by atoms with E-state index in [-0.39, 0.29) is 5.63 Å². The fourth-order valence-corrected chi connectivity index (χ4v) is 3.91. The number of rotatable bonds is 4. The number of hydrogen-bond donors (Lipinski definition) is 0. The van der Waals surface area contributed by atoms with Crippen molar-refractivity contribution in [3.05, 3.63) is 39.8 Å². The van der Waals surface area contributed by atoms with Crippen LogP contribution in [0.3, 0.4) is 0 Å². The highest BCUT2D eigenvalue weighted by atomic mass is 16.5. The van der Waals surface area contributed by atoms with Gasteiger partial charge in [-0.3, -0.25) is 4.90 Å². The van der Waals surface area contributed by atoms with Crippen molar-refractivity contribution in [1.82, 2.24) is 4.90 Å². The summed E-state index contributed by atoms with van der Waals surface area (Å²) >= 11 is 0. The Labute approximate surface area is 159 Å². The Morgan fingerprint density at radius 1 is 1.19 bits per heavy atom. The fraction of sp³-hybridized carbons (Fsp3) is 0.500. The first-order valence-corrected chi connectivity index (χ1v) is 9.78. The largest absolute Gasteiger partial charge is 0.491 e. The topological polar surface area (TPSA) is 51.9 Å². The number of benzene rings is 1. The first kappa shape index (κ1) is 18.1. The molecule has 1 fully saturated rings. The molecule has 0 radical (unpaired) electrons. The third-order valence-corrected chi connectivity index (χ3v) is 5.32. The Morgan fingerprint density at radius 3 is 2.74 bits per heavy atom. The summed E-state index contributed by atoms with van der Waals surface area (Å²) in [4.78, 5) is 14.4. The molecule has 0 amide bonds. The minimum Gasteiger partial charge on any atom is -0.491 e. The average Bonchev–Trinajstić information content (AvgIpc) is 2.61. The molecule has 0 saturated carbocycles. The van der Waals surface area contributed by atoms with Crippen LogP contribution >= 0.6 is 0 Å². The predicted molar refractivity (Wildman–Crippen MR) is 107 cm³/mol. The van der Waals surface area contributed by atoms with Crippen LogP contribution in [0.5, 0.6) is 11.5 Å². The number of likely N-dealkylation sites (tertiary alicyclic amines) is 1. The van der Waals surface area contributed by atoms with E-state index in [0.717, 1.165) is 36.1 Å². The molecule has 2 aliphatic rings. The second kappa shape index (κ2) is 7.04. The highest BCUT2D eigenvalue weighted by Crippen LogP contribution is 2.41. The van der Waals surface area contributed by atoms with Crippen LogP contribution in [0.1, 0.15) is 44.2 Å². The van der Waals surface area contributed by atoms with E-state index in [1.54, 1.807) is 0 Å². The normalized spacial score (nSPS) is 18.9. The van der Waals surface area contributed by atoms with Gasteiger partial charge in [-0.2, -0.15) is 0 Å². The lowest BCUT2D eigenvalue weighted by Crippen LogP contribution is -2.33. The van der Waals surface area contributed by atoms with Gasteiger partial charge in [0.1, 0.15) is 23.7 Å². The number of ether oxygens (including phenoxy) is 2. The van der Waals surface area contributed by atoms with Crippen LogP contribution in [0.2, 0.25) is 0 Å². The van der Waals surface area contributed by atoms with Gasteiger partial charge in [-0.15, -0.1) is 0 Å². The molecule has 3 heterocycles.